The smallest absolute Gasteiger partial charge is 0.237 e. The highest BCUT2D eigenvalue weighted by atomic mass is 16.3. The van der Waals surface area contributed by atoms with E-state index >= 15 is 0 Å². The Bertz CT molecular complexity index is 666. The molecule has 2 heterocycles. The molecule has 0 aliphatic carbocycles. The van der Waals surface area contributed by atoms with Crippen molar-refractivity contribution < 1.29 is 14.7 Å². The minimum Gasteiger partial charge on any atom is -0.372 e. The number of fused-ring (bicyclic) bond motifs is 1. The van der Waals surface area contributed by atoms with Crippen LogP contribution in [0.3, 0.4) is 0 Å². The Morgan fingerprint density at radius 2 is 2.00 bits per heavy atom. The molecule has 1 aromatic rings. The van der Waals surface area contributed by atoms with Crippen molar-refractivity contribution >= 4 is 17.5 Å². The van der Waals surface area contributed by atoms with Crippen LogP contribution in [0.15, 0.2) is 18.2 Å². The number of benzene rings is 1. The third-order valence-electron chi connectivity index (χ3n) is 5.01. The minimum absolute atomic E-state index is 0.0131. The highest BCUT2D eigenvalue weighted by Gasteiger charge is 2.49. The van der Waals surface area contributed by atoms with Crippen molar-refractivity contribution in [1.29, 1.82) is 0 Å². The number of carbonyl (C=O) groups excluding carboxylic acids is 2. The molecule has 0 saturated carbocycles. The number of hydrogen-bond donors (Lipinski definition) is 2. The summed E-state index contributed by atoms with van der Waals surface area (Å²) in [6.07, 6.45) is -0.227. The molecule has 2 atom stereocenters. The van der Waals surface area contributed by atoms with Crippen LogP contribution in [0.25, 0.3) is 0 Å². The van der Waals surface area contributed by atoms with Gasteiger partial charge in [0.1, 0.15) is 6.23 Å². The van der Waals surface area contributed by atoms with E-state index in [4.69, 9.17) is 0 Å². The predicted molar refractivity (Wildman–Crippen MR) is 88.2 cm³/mol. The second-order valence-electron chi connectivity index (χ2n) is 7.31. The van der Waals surface area contributed by atoms with Gasteiger partial charge in [-0.1, -0.05) is 26.0 Å². The van der Waals surface area contributed by atoms with E-state index in [9.17, 15) is 14.7 Å². The molecule has 0 radical (unpaired) electrons. The molecule has 2 unspecified atom stereocenters. The van der Waals surface area contributed by atoms with Crippen LogP contribution in [0.2, 0.25) is 0 Å². The number of hydrogen-bond acceptors (Lipinski definition) is 3. The lowest BCUT2D eigenvalue weighted by molar-refractivity contribution is -0.130. The highest BCUT2D eigenvalue weighted by molar-refractivity contribution is 6.08. The van der Waals surface area contributed by atoms with Crippen molar-refractivity contribution in [2.45, 2.75) is 64.1 Å². The first kappa shape index (κ1) is 16.0. The predicted octanol–water partition coefficient (Wildman–Crippen LogP) is 2.03. The van der Waals surface area contributed by atoms with E-state index in [0.29, 0.717) is 18.8 Å². The Balaban J connectivity index is 2.10. The van der Waals surface area contributed by atoms with E-state index in [2.05, 4.69) is 25.2 Å². The number of piperidine rings is 1. The zero-order valence-electron chi connectivity index (χ0n) is 14.1. The summed E-state index contributed by atoms with van der Waals surface area (Å²) in [6, 6.07) is 5.56. The van der Waals surface area contributed by atoms with Crippen molar-refractivity contribution in [3.05, 3.63) is 29.3 Å². The summed E-state index contributed by atoms with van der Waals surface area (Å²) in [5.41, 5.74) is 2.45. The first-order valence-corrected chi connectivity index (χ1v) is 8.19. The number of aliphatic hydroxyl groups is 1. The van der Waals surface area contributed by atoms with Gasteiger partial charge in [-0.15, -0.1) is 0 Å². The molecule has 2 amide bonds. The molecule has 5 heteroatoms. The number of carbonyl (C=O) groups is 2. The van der Waals surface area contributed by atoms with Gasteiger partial charge in [0, 0.05) is 12.1 Å². The summed E-state index contributed by atoms with van der Waals surface area (Å²) in [6.45, 7) is 8.12. The lowest BCUT2D eigenvalue weighted by atomic mass is 9.80. The van der Waals surface area contributed by atoms with E-state index in [1.165, 1.54) is 0 Å². The van der Waals surface area contributed by atoms with Crippen LogP contribution in [0.1, 0.15) is 57.6 Å². The van der Waals surface area contributed by atoms with Gasteiger partial charge in [-0.25, -0.2) is 0 Å². The maximum atomic E-state index is 13.1. The first-order chi connectivity index (χ1) is 10.7. The van der Waals surface area contributed by atoms with Gasteiger partial charge >= 0.3 is 0 Å². The lowest BCUT2D eigenvalue weighted by Gasteiger charge is -2.36. The monoisotopic (exact) mass is 316 g/mol. The molecule has 2 aliphatic heterocycles. The van der Waals surface area contributed by atoms with Gasteiger partial charge in [0.2, 0.25) is 11.8 Å². The molecule has 2 aliphatic rings. The maximum absolute atomic E-state index is 13.1. The van der Waals surface area contributed by atoms with Crippen molar-refractivity contribution in [3.8, 4) is 0 Å². The number of nitrogens with one attached hydrogen (secondary N) is 1. The Hall–Kier alpha value is -1.88. The number of nitrogens with zero attached hydrogens (tertiary/aromatic N) is 1. The molecule has 0 spiro atoms. The van der Waals surface area contributed by atoms with Gasteiger partial charge in [-0.3, -0.25) is 9.59 Å². The normalized spacial score (nSPS) is 26.4. The van der Waals surface area contributed by atoms with Crippen LogP contribution in [-0.4, -0.2) is 29.2 Å². The number of amides is 2. The molecule has 1 saturated heterocycles. The lowest BCUT2D eigenvalue weighted by Crippen LogP contribution is -2.57. The molecule has 1 fully saturated rings. The molecule has 124 valence electrons. The van der Waals surface area contributed by atoms with Gasteiger partial charge in [-0.05, 0) is 43.4 Å². The fourth-order valence-electron chi connectivity index (χ4n) is 3.81. The summed E-state index contributed by atoms with van der Waals surface area (Å²) < 4.78 is 0. The zero-order valence-corrected chi connectivity index (χ0v) is 14.1. The minimum atomic E-state index is -1.02. The van der Waals surface area contributed by atoms with E-state index in [1.54, 1.807) is 4.90 Å². The van der Waals surface area contributed by atoms with Crippen LogP contribution < -0.4 is 10.2 Å². The third-order valence-corrected chi connectivity index (χ3v) is 5.01. The van der Waals surface area contributed by atoms with E-state index in [1.807, 2.05) is 26.0 Å². The summed E-state index contributed by atoms with van der Waals surface area (Å²) >= 11 is 0. The average Bonchev–Trinajstić information content (AvgIpc) is 2.67. The summed E-state index contributed by atoms with van der Waals surface area (Å²) in [5.74, 6) is 0.129. The Labute approximate surface area is 136 Å². The second-order valence-corrected chi connectivity index (χ2v) is 7.31. The Morgan fingerprint density at radius 1 is 1.30 bits per heavy atom. The molecule has 0 bridgehead atoms. The fraction of sp³-hybridized carbons (Fsp3) is 0.556. The van der Waals surface area contributed by atoms with E-state index < -0.39 is 17.7 Å². The molecule has 1 aromatic carbocycles. The third kappa shape index (κ3) is 2.34. The van der Waals surface area contributed by atoms with Crippen LogP contribution in [0, 0.1) is 0 Å². The molecule has 3 rings (SSSR count). The quantitative estimate of drug-likeness (QED) is 0.877. The summed E-state index contributed by atoms with van der Waals surface area (Å²) in [4.78, 5) is 26.2. The van der Waals surface area contributed by atoms with Crippen LogP contribution in [-0.2, 0) is 15.0 Å². The Morgan fingerprint density at radius 3 is 2.61 bits per heavy atom. The standard InChI is InChI=1S/C18H24N2O3/c1-10(2)11-6-5-7-12-15(11)18(3,4)17(23)20(12)13-8-9-14(21)19-16(13)22/h5-7,10,13,16,22H,8-9H2,1-4H3,(H,19,21). The van der Waals surface area contributed by atoms with E-state index in [-0.39, 0.29) is 11.8 Å². The molecular formula is C18H24N2O3. The van der Waals surface area contributed by atoms with Gasteiger partial charge in [0.15, 0.2) is 0 Å². The molecular weight excluding hydrogens is 292 g/mol. The molecule has 2 N–H and O–H groups in total. The SMILES string of the molecule is CC(C)c1cccc2c1C(C)(C)C(=O)N2C1CCC(=O)NC1O. The average molecular weight is 316 g/mol. The van der Waals surface area contributed by atoms with E-state index in [0.717, 1.165) is 16.8 Å². The molecule has 23 heavy (non-hydrogen) atoms. The zero-order chi connectivity index (χ0) is 16.9. The number of rotatable bonds is 2. The van der Waals surface area contributed by atoms with Crippen LogP contribution >= 0.6 is 0 Å². The van der Waals surface area contributed by atoms with Gasteiger partial charge in [-0.2, -0.15) is 0 Å². The number of aliphatic hydroxyl groups excluding tert-OH is 1. The highest BCUT2D eigenvalue weighted by Crippen LogP contribution is 2.47. The van der Waals surface area contributed by atoms with Gasteiger partial charge in [0.25, 0.3) is 0 Å². The van der Waals surface area contributed by atoms with Crippen molar-refractivity contribution in [3.63, 3.8) is 0 Å². The first-order valence-electron chi connectivity index (χ1n) is 8.19. The summed E-state index contributed by atoms with van der Waals surface area (Å²) in [7, 11) is 0. The topological polar surface area (TPSA) is 69.6 Å². The molecule has 5 nitrogen and oxygen atoms in total. The number of anilines is 1. The second kappa shape index (κ2) is 5.34. The maximum Gasteiger partial charge on any atom is 0.237 e. The largest absolute Gasteiger partial charge is 0.372 e. The van der Waals surface area contributed by atoms with Gasteiger partial charge < -0.3 is 15.3 Å². The van der Waals surface area contributed by atoms with Crippen molar-refractivity contribution in [2.24, 2.45) is 0 Å². The summed E-state index contributed by atoms with van der Waals surface area (Å²) in [5, 5.41) is 12.8. The van der Waals surface area contributed by atoms with Crippen molar-refractivity contribution in [2.75, 3.05) is 4.90 Å². The fourth-order valence-corrected chi connectivity index (χ4v) is 3.81. The van der Waals surface area contributed by atoms with Crippen molar-refractivity contribution in [1.82, 2.24) is 5.32 Å². The molecule has 0 aromatic heterocycles. The van der Waals surface area contributed by atoms with Crippen LogP contribution in [0.5, 0.6) is 0 Å². The van der Waals surface area contributed by atoms with Gasteiger partial charge in [0.05, 0.1) is 11.5 Å². The van der Waals surface area contributed by atoms with Crippen LogP contribution in [0.4, 0.5) is 5.69 Å². The Kier molecular flexibility index (Phi) is 3.71.